The molecule has 168 valence electrons. The van der Waals surface area contributed by atoms with E-state index in [0.717, 1.165) is 11.6 Å². The molecule has 0 aliphatic heterocycles. The van der Waals surface area contributed by atoms with E-state index in [9.17, 15) is 9.18 Å². The van der Waals surface area contributed by atoms with Crippen molar-refractivity contribution in [2.75, 3.05) is 24.9 Å². The first-order valence-corrected chi connectivity index (χ1v) is 9.96. The first-order chi connectivity index (χ1) is 16.0. The van der Waals surface area contributed by atoms with Gasteiger partial charge in [-0.05, 0) is 36.8 Å². The molecule has 0 saturated carbocycles. The van der Waals surface area contributed by atoms with Crippen molar-refractivity contribution in [1.82, 2.24) is 9.97 Å². The minimum absolute atomic E-state index is 0.00684. The fourth-order valence-corrected chi connectivity index (χ4v) is 3.20. The fraction of sp³-hybridized carbons (Fsp3) is 0.125. The van der Waals surface area contributed by atoms with Crippen LogP contribution in [0.2, 0.25) is 0 Å². The maximum Gasteiger partial charge on any atom is 0.323 e. The summed E-state index contributed by atoms with van der Waals surface area (Å²) in [7, 11) is 3.05. The molecule has 0 atom stereocenters. The molecule has 9 heteroatoms. The number of hydrogen-bond donors (Lipinski definition) is 2. The number of nitrogens with one attached hydrogen (secondary N) is 2. The SMILES string of the molecule is COc1cc2ncnc(Oc3ccc(NC(=O)Nc4ccccc4C)c(F)c3)c2cc1OC. The van der Waals surface area contributed by atoms with Gasteiger partial charge in [-0.2, -0.15) is 0 Å². The van der Waals surface area contributed by atoms with E-state index in [-0.39, 0.29) is 17.3 Å². The molecule has 1 aromatic heterocycles. The Bertz CT molecular complexity index is 1330. The zero-order valence-electron chi connectivity index (χ0n) is 18.2. The van der Waals surface area contributed by atoms with Gasteiger partial charge in [0.15, 0.2) is 11.5 Å². The van der Waals surface area contributed by atoms with E-state index < -0.39 is 11.8 Å². The number of urea groups is 1. The molecule has 33 heavy (non-hydrogen) atoms. The second-order valence-corrected chi connectivity index (χ2v) is 7.04. The van der Waals surface area contributed by atoms with E-state index in [1.165, 1.54) is 32.7 Å². The molecule has 4 rings (SSSR count). The Morgan fingerprint density at radius 1 is 0.909 bits per heavy atom. The molecule has 0 spiro atoms. The van der Waals surface area contributed by atoms with Crippen LogP contribution in [0.15, 0.2) is 60.9 Å². The average Bonchev–Trinajstić information content (AvgIpc) is 2.81. The number of carbonyl (C=O) groups excluding carboxylic acids is 1. The van der Waals surface area contributed by atoms with E-state index in [2.05, 4.69) is 20.6 Å². The molecule has 0 saturated heterocycles. The van der Waals surface area contributed by atoms with Gasteiger partial charge < -0.3 is 24.8 Å². The van der Waals surface area contributed by atoms with Gasteiger partial charge in [0.2, 0.25) is 5.88 Å². The molecule has 1 heterocycles. The number of rotatable bonds is 6. The smallest absolute Gasteiger partial charge is 0.323 e. The lowest BCUT2D eigenvalue weighted by Gasteiger charge is -2.13. The molecule has 8 nitrogen and oxygen atoms in total. The monoisotopic (exact) mass is 448 g/mol. The largest absolute Gasteiger partial charge is 0.493 e. The average molecular weight is 448 g/mol. The minimum atomic E-state index is -0.662. The first-order valence-electron chi connectivity index (χ1n) is 9.96. The van der Waals surface area contributed by atoms with Crippen LogP contribution in [0.4, 0.5) is 20.6 Å². The highest BCUT2D eigenvalue weighted by molar-refractivity contribution is 6.00. The van der Waals surface area contributed by atoms with E-state index in [4.69, 9.17) is 14.2 Å². The third kappa shape index (κ3) is 4.77. The summed E-state index contributed by atoms with van der Waals surface area (Å²) in [6.07, 6.45) is 1.34. The number of amides is 2. The number of carbonyl (C=O) groups is 1. The number of methoxy groups -OCH3 is 2. The van der Waals surface area contributed by atoms with Crippen LogP contribution in [0.5, 0.6) is 23.1 Å². The molecule has 2 N–H and O–H groups in total. The molecule has 0 aliphatic carbocycles. The predicted molar refractivity (Wildman–Crippen MR) is 123 cm³/mol. The van der Waals surface area contributed by atoms with Crippen LogP contribution in [-0.2, 0) is 0 Å². The molecular weight excluding hydrogens is 427 g/mol. The van der Waals surface area contributed by atoms with Crippen molar-refractivity contribution in [3.8, 4) is 23.1 Å². The zero-order valence-corrected chi connectivity index (χ0v) is 18.2. The van der Waals surface area contributed by atoms with Gasteiger partial charge in [-0.25, -0.2) is 19.2 Å². The number of anilines is 2. The highest BCUT2D eigenvalue weighted by Gasteiger charge is 2.14. The van der Waals surface area contributed by atoms with Crippen LogP contribution < -0.4 is 24.8 Å². The Hall–Kier alpha value is -4.40. The second kappa shape index (κ2) is 9.39. The summed E-state index contributed by atoms with van der Waals surface area (Å²) in [6.45, 7) is 1.87. The van der Waals surface area contributed by atoms with Crippen LogP contribution in [0, 0.1) is 12.7 Å². The molecule has 0 bridgehead atoms. The van der Waals surface area contributed by atoms with Gasteiger partial charge in [0.05, 0.1) is 30.8 Å². The third-order valence-corrected chi connectivity index (χ3v) is 4.90. The van der Waals surface area contributed by atoms with Crippen molar-refractivity contribution in [3.05, 3.63) is 72.3 Å². The topological polar surface area (TPSA) is 94.6 Å². The van der Waals surface area contributed by atoms with Crippen LogP contribution >= 0.6 is 0 Å². The molecule has 0 fully saturated rings. The highest BCUT2D eigenvalue weighted by Crippen LogP contribution is 2.36. The number of para-hydroxylation sites is 1. The van der Waals surface area contributed by atoms with Crippen molar-refractivity contribution in [3.63, 3.8) is 0 Å². The summed E-state index contributed by atoms with van der Waals surface area (Å²) in [4.78, 5) is 20.6. The summed E-state index contributed by atoms with van der Waals surface area (Å²) in [5, 5.41) is 5.76. The van der Waals surface area contributed by atoms with Gasteiger partial charge in [-0.15, -0.1) is 0 Å². The number of hydrogen-bond acceptors (Lipinski definition) is 6. The fourth-order valence-electron chi connectivity index (χ4n) is 3.20. The van der Waals surface area contributed by atoms with Gasteiger partial charge >= 0.3 is 6.03 Å². The Morgan fingerprint density at radius 2 is 1.64 bits per heavy atom. The van der Waals surface area contributed by atoms with Crippen LogP contribution in [0.1, 0.15) is 5.56 Å². The van der Waals surface area contributed by atoms with Crippen molar-refractivity contribution in [1.29, 1.82) is 0 Å². The number of nitrogens with zero attached hydrogens (tertiary/aromatic N) is 2. The van der Waals surface area contributed by atoms with Crippen molar-refractivity contribution in [2.24, 2.45) is 0 Å². The van der Waals surface area contributed by atoms with Gasteiger partial charge in [-0.1, -0.05) is 18.2 Å². The standard InChI is InChI=1S/C24H21FN4O4/c1-14-6-4-5-7-18(14)28-24(30)29-19-9-8-15(10-17(19)25)33-23-16-11-21(31-2)22(32-3)12-20(16)26-13-27-23/h4-13H,1-3H3,(H2,28,29,30). The summed E-state index contributed by atoms with van der Waals surface area (Å²) in [5.74, 6) is 0.755. The van der Waals surface area contributed by atoms with Crippen LogP contribution in [0.25, 0.3) is 10.9 Å². The summed E-state index contributed by atoms with van der Waals surface area (Å²) in [6, 6.07) is 14.2. The van der Waals surface area contributed by atoms with E-state index in [0.29, 0.717) is 28.1 Å². The predicted octanol–water partition coefficient (Wildman–Crippen LogP) is 5.53. The van der Waals surface area contributed by atoms with Crippen molar-refractivity contribution in [2.45, 2.75) is 6.92 Å². The number of halogens is 1. The number of ether oxygens (including phenoxy) is 3. The van der Waals surface area contributed by atoms with E-state index in [1.807, 2.05) is 19.1 Å². The Balaban J connectivity index is 1.53. The van der Waals surface area contributed by atoms with Crippen molar-refractivity contribution < 1.29 is 23.4 Å². The second-order valence-electron chi connectivity index (χ2n) is 7.04. The molecule has 0 aliphatic rings. The normalized spacial score (nSPS) is 10.5. The van der Waals surface area contributed by atoms with Gasteiger partial charge in [0, 0.05) is 17.8 Å². The minimum Gasteiger partial charge on any atom is -0.493 e. The summed E-state index contributed by atoms with van der Waals surface area (Å²) in [5.41, 5.74) is 2.11. The summed E-state index contributed by atoms with van der Waals surface area (Å²) < 4.78 is 31.1. The Labute approximate surface area is 189 Å². The van der Waals surface area contributed by atoms with Crippen LogP contribution in [0.3, 0.4) is 0 Å². The molecule has 4 aromatic rings. The Kier molecular flexibility index (Phi) is 6.21. The number of aromatic nitrogens is 2. The molecule has 0 radical (unpaired) electrons. The van der Waals surface area contributed by atoms with Gasteiger partial charge in [-0.3, -0.25) is 0 Å². The number of benzene rings is 3. The van der Waals surface area contributed by atoms with E-state index in [1.54, 1.807) is 24.3 Å². The third-order valence-electron chi connectivity index (χ3n) is 4.90. The molecule has 0 unspecified atom stereocenters. The van der Waals surface area contributed by atoms with Crippen molar-refractivity contribution >= 4 is 28.3 Å². The Morgan fingerprint density at radius 3 is 2.36 bits per heavy atom. The number of fused-ring (bicyclic) bond motifs is 1. The highest BCUT2D eigenvalue weighted by atomic mass is 19.1. The maximum absolute atomic E-state index is 14.7. The van der Waals surface area contributed by atoms with Gasteiger partial charge in [0.25, 0.3) is 0 Å². The quantitative estimate of drug-likeness (QED) is 0.403. The number of aryl methyl sites for hydroxylation is 1. The van der Waals surface area contributed by atoms with Crippen LogP contribution in [-0.4, -0.2) is 30.2 Å². The molecule has 2 amide bonds. The lowest BCUT2D eigenvalue weighted by atomic mass is 10.2. The lowest BCUT2D eigenvalue weighted by molar-refractivity contribution is 0.262. The van der Waals surface area contributed by atoms with Gasteiger partial charge in [0.1, 0.15) is 17.9 Å². The zero-order chi connectivity index (χ0) is 23.4. The van der Waals surface area contributed by atoms with E-state index >= 15 is 0 Å². The lowest BCUT2D eigenvalue weighted by Crippen LogP contribution is -2.20. The summed E-state index contributed by atoms with van der Waals surface area (Å²) >= 11 is 0. The first kappa shape index (κ1) is 21.8. The molecule has 3 aromatic carbocycles. The molecular formula is C24H21FN4O4. The maximum atomic E-state index is 14.7.